The summed E-state index contributed by atoms with van der Waals surface area (Å²) in [7, 11) is 0. The van der Waals surface area contributed by atoms with Crippen molar-refractivity contribution in [3.63, 3.8) is 0 Å². The van der Waals surface area contributed by atoms with Crippen LogP contribution in [0.4, 0.5) is 23.8 Å². The highest BCUT2D eigenvalue weighted by Gasteiger charge is 2.38. The Morgan fingerprint density at radius 2 is 2.03 bits per heavy atom. The van der Waals surface area contributed by atoms with Crippen LogP contribution in [0, 0.1) is 5.82 Å². The monoisotopic (exact) mass is 443 g/mol. The highest BCUT2D eigenvalue weighted by molar-refractivity contribution is 6.29. The van der Waals surface area contributed by atoms with Crippen LogP contribution in [-0.4, -0.2) is 39.9 Å². The quantitative estimate of drug-likeness (QED) is 0.668. The van der Waals surface area contributed by atoms with Gasteiger partial charge in [-0.3, -0.25) is 4.90 Å². The fourth-order valence-electron chi connectivity index (χ4n) is 3.30. The minimum atomic E-state index is -3.14. The minimum absolute atomic E-state index is 0.00345. The molecule has 30 heavy (non-hydrogen) atoms. The second-order valence-electron chi connectivity index (χ2n) is 7.45. The Bertz CT molecular complexity index is 953. The number of hydrogen-bond donors (Lipinski definition) is 1. The highest BCUT2D eigenvalue weighted by Crippen LogP contribution is 2.31. The van der Waals surface area contributed by atoms with E-state index < -0.39 is 41.5 Å². The summed E-state index contributed by atoms with van der Waals surface area (Å²) in [6.45, 7) is 3.94. The van der Waals surface area contributed by atoms with Crippen molar-refractivity contribution in [2.45, 2.75) is 51.2 Å². The Morgan fingerprint density at radius 3 is 2.63 bits per heavy atom. The third kappa shape index (κ3) is 4.67. The van der Waals surface area contributed by atoms with Crippen LogP contribution in [0.15, 0.2) is 24.3 Å². The van der Waals surface area contributed by atoms with E-state index in [1.54, 1.807) is 6.92 Å². The number of rotatable bonds is 6. The summed E-state index contributed by atoms with van der Waals surface area (Å²) in [6, 6.07) is 4.07. The first-order valence-corrected chi connectivity index (χ1v) is 9.70. The summed E-state index contributed by atoms with van der Waals surface area (Å²) in [5.41, 5.74) is -0.176. The lowest BCUT2D eigenvalue weighted by molar-refractivity contribution is 0.0171. The molecule has 1 saturated heterocycles. The van der Waals surface area contributed by atoms with E-state index in [4.69, 9.17) is 16.3 Å². The van der Waals surface area contributed by atoms with Crippen molar-refractivity contribution in [1.29, 1.82) is 0 Å². The summed E-state index contributed by atoms with van der Waals surface area (Å²) in [5.74, 6) is -3.95. The maximum absolute atomic E-state index is 14.4. The predicted octanol–water partition coefficient (Wildman–Crippen LogP) is 4.43. The number of nitrogens with zero attached hydrogens (tertiary/aromatic N) is 3. The lowest BCUT2D eigenvalue weighted by Crippen LogP contribution is -2.41. The number of halogens is 4. The van der Waals surface area contributed by atoms with E-state index in [9.17, 15) is 23.1 Å². The van der Waals surface area contributed by atoms with E-state index in [0.29, 0.717) is 6.92 Å². The lowest BCUT2D eigenvalue weighted by atomic mass is 9.95. The van der Waals surface area contributed by atoms with Crippen molar-refractivity contribution in [2.24, 2.45) is 0 Å². The van der Waals surface area contributed by atoms with Crippen molar-refractivity contribution in [1.82, 2.24) is 9.97 Å². The van der Waals surface area contributed by atoms with Crippen molar-refractivity contribution in [2.75, 3.05) is 11.5 Å². The summed E-state index contributed by atoms with van der Waals surface area (Å²) in [4.78, 5) is 21.7. The number of aliphatic hydroxyl groups is 1. The van der Waals surface area contributed by atoms with Gasteiger partial charge in [-0.2, -0.15) is 0 Å². The van der Waals surface area contributed by atoms with Crippen LogP contribution in [0.25, 0.3) is 0 Å². The molecule has 6 nitrogen and oxygen atoms in total. The van der Waals surface area contributed by atoms with Crippen molar-refractivity contribution in [3.05, 3.63) is 52.2 Å². The summed E-state index contributed by atoms with van der Waals surface area (Å²) < 4.78 is 46.2. The molecule has 1 unspecified atom stereocenters. The molecule has 1 amide bonds. The molecule has 0 saturated carbocycles. The summed E-state index contributed by atoms with van der Waals surface area (Å²) >= 11 is 6.09. The van der Waals surface area contributed by atoms with Crippen LogP contribution in [0.5, 0.6) is 0 Å². The van der Waals surface area contributed by atoms with Crippen LogP contribution >= 0.6 is 11.6 Å². The smallest absolute Gasteiger partial charge is 0.416 e. The van der Waals surface area contributed by atoms with Crippen LogP contribution in [0.2, 0.25) is 5.15 Å². The average molecular weight is 444 g/mol. The number of amides is 1. The standard InChI is InChI=1S/C20H21ClF3N3O3/c1-10(13-5-4-12(7-14(13)22)20(3,23)24)6-17-25-16(21)8-18(26-17)27-15(11(2)28)9-30-19(27)29/h4-5,7-8,10-11,15,28H,6,9H2,1-3H3/t10-,11-,15?/m1/s1. The Labute approximate surface area is 176 Å². The number of ether oxygens (including phenoxy) is 1. The number of aromatic nitrogens is 2. The maximum atomic E-state index is 14.4. The lowest BCUT2D eigenvalue weighted by Gasteiger charge is -2.23. The molecular formula is C20H21ClF3N3O3. The van der Waals surface area contributed by atoms with E-state index in [1.165, 1.54) is 30.0 Å². The van der Waals surface area contributed by atoms with E-state index in [2.05, 4.69) is 9.97 Å². The molecule has 1 N–H and O–H groups in total. The zero-order valence-electron chi connectivity index (χ0n) is 16.6. The highest BCUT2D eigenvalue weighted by atomic mass is 35.5. The van der Waals surface area contributed by atoms with Gasteiger partial charge in [0.1, 0.15) is 35.3 Å². The van der Waals surface area contributed by atoms with E-state index in [1.807, 2.05) is 0 Å². The molecule has 0 bridgehead atoms. The van der Waals surface area contributed by atoms with Gasteiger partial charge >= 0.3 is 6.09 Å². The number of alkyl halides is 2. The first kappa shape index (κ1) is 22.3. The molecule has 3 rings (SSSR count). The van der Waals surface area contributed by atoms with Gasteiger partial charge in [0.2, 0.25) is 0 Å². The molecule has 1 fully saturated rings. The molecule has 3 atom stereocenters. The first-order chi connectivity index (χ1) is 14.0. The Kier molecular flexibility index (Phi) is 6.24. The zero-order chi connectivity index (χ0) is 22.2. The van der Waals surface area contributed by atoms with Crippen LogP contribution < -0.4 is 4.90 Å². The van der Waals surface area contributed by atoms with Crippen LogP contribution in [0.3, 0.4) is 0 Å². The second-order valence-corrected chi connectivity index (χ2v) is 7.84. The SMILES string of the molecule is C[C@H](Cc1nc(Cl)cc(N2C(=O)OCC2[C@@H](C)O)n1)c1ccc(C(C)(F)F)cc1F. The van der Waals surface area contributed by atoms with Gasteiger partial charge < -0.3 is 9.84 Å². The fourth-order valence-corrected chi connectivity index (χ4v) is 3.50. The molecule has 2 heterocycles. The number of hydrogen-bond acceptors (Lipinski definition) is 5. The average Bonchev–Trinajstić information content (AvgIpc) is 3.02. The van der Waals surface area contributed by atoms with Gasteiger partial charge in [0, 0.05) is 25.0 Å². The molecule has 162 valence electrons. The van der Waals surface area contributed by atoms with E-state index in [0.717, 1.165) is 6.07 Å². The van der Waals surface area contributed by atoms with E-state index >= 15 is 0 Å². The maximum Gasteiger partial charge on any atom is 0.416 e. The van der Waals surface area contributed by atoms with Gasteiger partial charge in [0.15, 0.2) is 0 Å². The second kappa shape index (κ2) is 8.39. The largest absolute Gasteiger partial charge is 0.447 e. The van der Waals surface area contributed by atoms with Gasteiger partial charge in [-0.05, 0) is 24.5 Å². The number of benzene rings is 1. The van der Waals surface area contributed by atoms with Gasteiger partial charge in [-0.1, -0.05) is 30.7 Å². The third-order valence-electron chi connectivity index (χ3n) is 4.96. The number of aliphatic hydroxyl groups excluding tert-OH is 1. The number of carbonyl (C=O) groups excluding carboxylic acids is 1. The topological polar surface area (TPSA) is 75.6 Å². The Hall–Kier alpha value is -2.39. The summed E-state index contributed by atoms with van der Waals surface area (Å²) in [5, 5.41) is 9.96. The molecule has 1 aromatic heterocycles. The molecule has 0 aliphatic carbocycles. The third-order valence-corrected chi connectivity index (χ3v) is 5.16. The van der Waals surface area contributed by atoms with Gasteiger partial charge in [-0.15, -0.1) is 0 Å². The number of anilines is 1. The van der Waals surface area contributed by atoms with Crippen molar-refractivity contribution >= 4 is 23.5 Å². The van der Waals surface area contributed by atoms with Crippen molar-refractivity contribution < 1.29 is 27.8 Å². The van der Waals surface area contributed by atoms with E-state index in [-0.39, 0.29) is 35.4 Å². The minimum Gasteiger partial charge on any atom is -0.447 e. The first-order valence-electron chi connectivity index (χ1n) is 9.32. The molecule has 1 aromatic carbocycles. The van der Waals surface area contributed by atoms with Gasteiger partial charge in [-0.25, -0.2) is 27.9 Å². The molecule has 1 aliphatic heterocycles. The Morgan fingerprint density at radius 1 is 1.33 bits per heavy atom. The molecular weight excluding hydrogens is 423 g/mol. The normalized spacial score (nSPS) is 19.0. The molecule has 2 aromatic rings. The number of cyclic esters (lactones) is 1. The molecule has 10 heteroatoms. The fraction of sp³-hybridized carbons (Fsp3) is 0.450. The van der Waals surface area contributed by atoms with Crippen molar-refractivity contribution in [3.8, 4) is 0 Å². The predicted molar refractivity (Wildman–Crippen MR) is 104 cm³/mol. The molecule has 0 spiro atoms. The number of carbonyl (C=O) groups is 1. The summed E-state index contributed by atoms with van der Waals surface area (Å²) in [6.07, 6.45) is -1.39. The van der Waals surface area contributed by atoms with Gasteiger partial charge in [0.05, 0.1) is 6.10 Å². The van der Waals surface area contributed by atoms with Crippen LogP contribution in [-0.2, 0) is 17.1 Å². The Balaban J connectivity index is 1.86. The van der Waals surface area contributed by atoms with Crippen LogP contribution in [0.1, 0.15) is 43.6 Å². The molecule has 0 radical (unpaired) electrons. The zero-order valence-corrected chi connectivity index (χ0v) is 17.3. The van der Waals surface area contributed by atoms with Gasteiger partial charge in [0.25, 0.3) is 5.92 Å². The molecule has 1 aliphatic rings.